The zero-order valence-electron chi connectivity index (χ0n) is 6.12. The van der Waals surface area contributed by atoms with Crippen LogP contribution in [0.5, 0.6) is 0 Å². The summed E-state index contributed by atoms with van der Waals surface area (Å²) >= 11 is 7.09. The summed E-state index contributed by atoms with van der Waals surface area (Å²) in [6.45, 7) is 0. The predicted octanol–water partition coefficient (Wildman–Crippen LogP) is 4.12. The fraction of sp³-hybridized carbons (Fsp3) is 0.143. The maximum Gasteiger partial charge on any atom is 0.418 e. The first-order valence-corrected chi connectivity index (χ1v) is 4.64. The van der Waals surface area contributed by atoms with Crippen molar-refractivity contribution in [1.82, 2.24) is 0 Å². The highest BCUT2D eigenvalue weighted by molar-refractivity contribution is 14.1. The van der Waals surface area contributed by atoms with Crippen molar-refractivity contribution < 1.29 is 13.2 Å². The Bertz CT molecular complexity index is 313. The van der Waals surface area contributed by atoms with Gasteiger partial charge in [-0.15, -0.1) is 0 Å². The number of nitrogens with one attached hydrogen (secondary N) is 1. The zero-order valence-corrected chi connectivity index (χ0v) is 9.04. The van der Waals surface area contributed by atoms with Crippen LogP contribution in [0.3, 0.4) is 0 Å². The molecule has 0 unspecified atom stereocenters. The molecule has 13 heavy (non-hydrogen) atoms. The minimum Gasteiger partial charge on any atom is -0.328 e. The van der Waals surface area contributed by atoms with Crippen LogP contribution in [0.2, 0.25) is 5.02 Å². The average molecular weight is 321 g/mol. The molecule has 1 aromatic carbocycles. The van der Waals surface area contributed by atoms with Gasteiger partial charge in [0.1, 0.15) is 0 Å². The van der Waals surface area contributed by atoms with Gasteiger partial charge >= 0.3 is 6.18 Å². The highest BCUT2D eigenvalue weighted by atomic mass is 127. The Hall–Kier alpha value is -0.170. The molecule has 0 heterocycles. The molecule has 0 spiro atoms. The van der Waals surface area contributed by atoms with Gasteiger partial charge in [-0.2, -0.15) is 13.2 Å². The zero-order chi connectivity index (χ0) is 10.1. The summed E-state index contributed by atoms with van der Waals surface area (Å²) in [5, 5.41) is 0.0720. The van der Waals surface area contributed by atoms with Gasteiger partial charge in [-0.3, -0.25) is 0 Å². The van der Waals surface area contributed by atoms with Gasteiger partial charge in [-0.05, 0) is 18.2 Å². The Balaban J connectivity index is 3.24. The standard InChI is InChI=1S/C7H4ClF3IN/c8-4-1-2-6(13-12)5(3-4)7(9,10)11/h1-3,13H. The average Bonchev–Trinajstić information content (AvgIpc) is 2.03. The lowest BCUT2D eigenvalue weighted by Crippen LogP contribution is -2.07. The summed E-state index contributed by atoms with van der Waals surface area (Å²) < 4.78 is 39.4. The van der Waals surface area contributed by atoms with Crippen molar-refractivity contribution in [1.29, 1.82) is 0 Å². The predicted molar refractivity (Wildman–Crippen MR) is 54.1 cm³/mol. The summed E-state index contributed by atoms with van der Waals surface area (Å²) in [7, 11) is 0. The van der Waals surface area contributed by atoms with Crippen LogP contribution in [0.4, 0.5) is 18.9 Å². The van der Waals surface area contributed by atoms with Crippen LogP contribution in [0.1, 0.15) is 5.56 Å². The fourth-order valence-corrected chi connectivity index (χ4v) is 1.48. The summed E-state index contributed by atoms with van der Waals surface area (Å²) in [5.74, 6) is 0. The molecule has 0 aliphatic carbocycles. The monoisotopic (exact) mass is 321 g/mol. The van der Waals surface area contributed by atoms with Gasteiger partial charge < -0.3 is 3.53 Å². The van der Waals surface area contributed by atoms with E-state index in [0.717, 1.165) is 6.07 Å². The van der Waals surface area contributed by atoms with E-state index in [4.69, 9.17) is 11.6 Å². The summed E-state index contributed by atoms with van der Waals surface area (Å²) in [6.07, 6.45) is -4.38. The van der Waals surface area contributed by atoms with E-state index in [2.05, 4.69) is 3.53 Å². The second kappa shape index (κ2) is 3.91. The van der Waals surface area contributed by atoms with E-state index in [9.17, 15) is 13.2 Å². The molecule has 0 radical (unpaired) electrons. The van der Waals surface area contributed by atoms with Crippen LogP contribution >= 0.6 is 34.5 Å². The molecular formula is C7H4ClF3IN. The normalized spacial score (nSPS) is 11.5. The molecule has 1 rings (SSSR count). The molecule has 0 saturated carbocycles. The number of anilines is 1. The molecule has 0 aliphatic rings. The number of alkyl halides is 3. The van der Waals surface area contributed by atoms with E-state index in [1.165, 1.54) is 12.1 Å². The third-order valence-corrected chi connectivity index (χ3v) is 2.21. The minimum absolute atomic E-state index is 0.0116. The molecule has 0 aliphatic heterocycles. The molecule has 0 fully saturated rings. The smallest absolute Gasteiger partial charge is 0.328 e. The second-order valence-corrected chi connectivity index (χ2v) is 3.26. The highest BCUT2D eigenvalue weighted by Gasteiger charge is 2.33. The van der Waals surface area contributed by atoms with Gasteiger partial charge in [0, 0.05) is 5.02 Å². The van der Waals surface area contributed by atoms with Gasteiger partial charge in [0.25, 0.3) is 0 Å². The van der Waals surface area contributed by atoms with Crippen molar-refractivity contribution in [3.63, 3.8) is 0 Å². The molecule has 72 valence electrons. The molecule has 1 nitrogen and oxygen atoms in total. The van der Waals surface area contributed by atoms with Crippen molar-refractivity contribution in [2.75, 3.05) is 3.53 Å². The Morgan fingerprint density at radius 3 is 2.38 bits per heavy atom. The first kappa shape index (κ1) is 10.9. The van der Waals surface area contributed by atoms with Gasteiger partial charge in [0.15, 0.2) is 0 Å². The van der Waals surface area contributed by atoms with Crippen molar-refractivity contribution in [2.45, 2.75) is 6.18 Å². The number of halogens is 5. The molecule has 0 aromatic heterocycles. The number of hydrogen-bond acceptors (Lipinski definition) is 1. The third-order valence-electron chi connectivity index (χ3n) is 1.39. The van der Waals surface area contributed by atoms with Crippen LogP contribution in [-0.2, 0) is 6.18 Å². The van der Waals surface area contributed by atoms with E-state index in [1.807, 2.05) is 0 Å². The van der Waals surface area contributed by atoms with Crippen LogP contribution in [0.15, 0.2) is 18.2 Å². The van der Waals surface area contributed by atoms with Crippen molar-refractivity contribution >= 4 is 40.2 Å². The third kappa shape index (κ3) is 2.63. The molecule has 1 aromatic rings. The molecule has 0 saturated heterocycles. The van der Waals surface area contributed by atoms with Gasteiger partial charge in [-0.1, -0.05) is 11.6 Å². The Labute approximate surface area is 91.8 Å². The number of rotatable bonds is 1. The molecule has 0 amide bonds. The summed E-state index contributed by atoms with van der Waals surface area (Å²) in [6, 6.07) is 3.58. The second-order valence-electron chi connectivity index (χ2n) is 2.28. The molecule has 6 heteroatoms. The first-order valence-electron chi connectivity index (χ1n) is 3.18. The van der Waals surface area contributed by atoms with E-state index in [1.54, 1.807) is 22.9 Å². The largest absolute Gasteiger partial charge is 0.418 e. The van der Waals surface area contributed by atoms with Crippen molar-refractivity contribution in [3.8, 4) is 0 Å². The lowest BCUT2D eigenvalue weighted by Gasteiger charge is -2.11. The van der Waals surface area contributed by atoms with Gasteiger partial charge in [0.2, 0.25) is 0 Å². The molecule has 1 N–H and O–H groups in total. The molecule has 0 bridgehead atoms. The Morgan fingerprint density at radius 1 is 1.31 bits per heavy atom. The topological polar surface area (TPSA) is 12.0 Å². The Morgan fingerprint density at radius 2 is 1.92 bits per heavy atom. The quantitative estimate of drug-likeness (QED) is 0.606. The molecular weight excluding hydrogens is 317 g/mol. The van der Waals surface area contributed by atoms with E-state index < -0.39 is 11.7 Å². The van der Waals surface area contributed by atoms with Crippen LogP contribution in [0.25, 0.3) is 0 Å². The fourth-order valence-electron chi connectivity index (χ4n) is 0.833. The van der Waals surface area contributed by atoms with Crippen molar-refractivity contribution in [2.24, 2.45) is 0 Å². The van der Waals surface area contributed by atoms with E-state index in [0.29, 0.717) is 0 Å². The van der Waals surface area contributed by atoms with E-state index in [-0.39, 0.29) is 10.7 Å². The first-order chi connectivity index (χ1) is 5.95. The van der Waals surface area contributed by atoms with E-state index >= 15 is 0 Å². The summed E-state index contributed by atoms with van der Waals surface area (Å²) in [4.78, 5) is 0. The maximum atomic E-state index is 12.3. The highest BCUT2D eigenvalue weighted by Crippen LogP contribution is 2.36. The van der Waals surface area contributed by atoms with Gasteiger partial charge in [0.05, 0.1) is 34.1 Å². The minimum atomic E-state index is -4.38. The lowest BCUT2D eigenvalue weighted by atomic mass is 10.2. The Kier molecular flexibility index (Phi) is 3.28. The van der Waals surface area contributed by atoms with Crippen LogP contribution < -0.4 is 3.53 Å². The molecule has 0 atom stereocenters. The SMILES string of the molecule is FC(F)(F)c1cc(Cl)ccc1NI. The lowest BCUT2D eigenvalue weighted by molar-refractivity contribution is -0.136. The number of hydrogen-bond donors (Lipinski definition) is 1. The van der Waals surface area contributed by atoms with Crippen LogP contribution in [-0.4, -0.2) is 0 Å². The maximum absolute atomic E-state index is 12.3. The summed E-state index contributed by atoms with van der Waals surface area (Å²) in [5.41, 5.74) is -0.744. The van der Waals surface area contributed by atoms with Crippen LogP contribution in [0, 0.1) is 0 Å². The van der Waals surface area contributed by atoms with Gasteiger partial charge in [-0.25, -0.2) is 0 Å². The number of benzene rings is 1. The van der Waals surface area contributed by atoms with Crippen molar-refractivity contribution in [3.05, 3.63) is 28.8 Å².